The molecule has 76 valence electrons. The van der Waals surface area contributed by atoms with Gasteiger partial charge in [0, 0.05) is 0 Å². The van der Waals surface area contributed by atoms with Crippen molar-refractivity contribution >= 4 is 10.8 Å². The third-order valence-corrected chi connectivity index (χ3v) is 2.47. The largest absolute Gasteiger partial charge is 0.0776 e. The van der Waals surface area contributed by atoms with E-state index in [4.69, 9.17) is 0 Å². The van der Waals surface area contributed by atoms with Crippen LogP contribution in [0.5, 0.6) is 0 Å². The van der Waals surface area contributed by atoms with Crippen LogP contribution in [0.3, 0.4) is 0 Å². The molecule has 0 N–H and O–H groups in total. The summed E-state index contributed by atoms with van der Waals surface area (Å²) in [5.41, 5.74) is 2.77. The molecule has 0 aliphatic carbocycles. The van der Waals surface area contributed by atoms with Gasteiger partial charge in [0.05, 0.1) is 0 Å². The fraction of sp³-hybridized carbons (Fsp3) is 0.286. The molecule has 2 aromatic rings. The first-order chi connectivity index (χ1) is 5.79. The number of aryl methyl sites for hydroxylation is 2. The molecule has 0 nitrogen and oxygen atoms in total. The van der Waals surface area contributed by atoms with Crippen molar-refractivity contribution in [3.05, 3.63) is 47.5 Å². The van der Waals surface area contributed by atoms with Crippen molar-refractivity contribution in [2.75, 3.05) is 0 Å². The number of hydrogen-bond acceptors (Lipinski definition) is 0. The van der Waals surface area contributed by atoms with Crippen LogP contribution in [0.1, 0.15) is 26.0 Å². The highest BCUT2D eigenvalue weighted by Crippen LogP contribution is 2.20. The van der Waals surface area contributed by atoms with Crippen LogP contribution in [-0.2, 0) is 0 Å². The summed E-state index contributed by atoms with van der Waals surface area (Å²) in [5, 5.41) is 2.71. The van der Waals surface area contributed by atoms with Gasteiger partial charge < -0.3 is 0 Å². The summed E-state index contributed by atoms with van der Waals surface area (Å²) >= 11 is 0. The molecule has 0 amide bonds. The highest BCUT2D eigenvalue weighted by molar-refractivity contribution is 5.86. The zero-order valence-electron chi connectivity index (χ0n) is 7.46. The Hall–Kier alpha value is -1.30. The summed E-state index contributed by atoms with van der Waals surface area (Å²) in [6.45, 7) is 4.33. The summed E-state index contributed by atoms with van der Waals surface area (Å²) < 4.78 is 0. The molecule has 0 saturated carbocycles. The van der Waals surface area contributed by atoms with Crippen LogP contribution < -0.4 is 0 Å². The Labute approximate surface area is 87.6 Å². The molecule has 14 heavy (non-hydrogen) atoms. The minimum atomic E-state index is 0. The fourth-order valence-corrected chi connectivity index (χ4v) is 1.54. The standard InChI is InChI=1S/C12H12.2CH4/c1-9-7-8-11-5-3-4-6-12(11)10(9)2;;/h3-8H,1-2H3;2*1H4. The lowest BCUT2D eigenvalue weighted by Crippen LogP contribution is -1.82. The van der Waals surface area contributed by atoms with Gasteiger partial charge >= 0.3 is 0 Å². The van der Waals surface area contributed by atoms with E-state index in [9.17, 15) is 0 Å². The smallest absolute Gasteiger partial charge is 0.0152 e. The quantitative estimate of drug-likeness (QED) is 0.560. The minimum absolute atomic E-state index is 0. The molecule has 0 saturated heterocycles. The van der Waals surface area contributed by atoms with Crippen LogP contribution in [-0.4, -0.2) is 0 Å². The maximum atomic E-state index is 2.18. The second-order valence-corrected chi connectivity index (χ2v) is 3.23. The van der Waals surface area contributed by atoms with Crippen molar-refractivity contribution in [1.29, 1.82) is 0 Å². The van der Waals surface area contributed by atoms with Crippen molar-refractivity contribution in [3.8, 4) is 0 Å². The molecule has 0 fully saturated rings. The van der Waals surface area contributed by atoms with Gasteiger partial charge in [0.25, 0.3) is 0 Å². The zero-order chi connectivity index (χ0) is 8.55. The van der Waals surface area contributed by atoms with Crippen molar-refractivity contribution in [3.63, 3.8) is 0 Å². The first kappa shape index (κ1) is 12.7. The molecule has 0 aliphatic rings. The molecular formula is C14H20. The average molecular weight is 188 g/mol. The van der Waals surface area contributed by atoms with Gasteiger partial charge in [-0.2, -0.15) is 0 Å². The number of benzene rings is 2. The molecule has 0 heterocycles. The lowest BCUT2D eigenvalue weighted by atomic mass is 10.0. The molecule has 0 aliphatic heterocycles. The van der Waals surface area contributed by atoms with Crippen LogP contribution >= 0.6 is 0 Å². The molecule has 0 radical (unpaired) electrons. The number of hydrogen-bond donors (Lipinski definition) is 0. The Morgan fingerprint density at radius 1 is 0.786 bits per heavy atom. The van der Waals surface area contributed by atoms with Gasteiger partial charge in [0.2, 0.25) is 0 Å². The van der Waals surface area contributed by atoms with E-state index in [2.05, 4.69) is 50.2 Å². The normalized spacial score (nSPS) is 9.00. The summed E-state index contributed by atoms with van der Waals surface area (Å²) in [4.78, 5) is 0. The molecule has 2 rings (SSSR count). The minimum Gasteiger partial charge on any atom is -0.0776 e. The predicted octanol–water partition coefficient (Wildman–Crippen LogP) is 4.73. The van der Waals surface area contributed by atoms with Gasteiger partial charge in [-0.15, -0.1) is 0 Å². The van der Waals surface area contributed by atoms with Crippen molar-refractivity contribution in [2.24, 2.45) is 0 Å². The maximum absolute atomic E-state index is 2.18. The molecule has 0 atom stereocenters. The van der Waals surface area contributed by atoms with Crippen molar-refractivity contribution in [2.45, 2.75) is 28.7 Å². The lowest BCUT2D eigenvalue weighted by molar-refractivity contribution is 1.38. The van der Waals surface area contributed by atoms with Crippen LogP contribution in [0.25, 0.3) is 10.8 Å². The third kappa shape index (κ3) is 1.95. The Bertz CT molecular complexity index is 413. The third-order valence-electron chi connectivity index (χ3n) is 2.47. The maximum Gasteiger partial charge on any atom is -0.0152 e. The summed E-state index contributed by atoms with van der Waals surface area (Å²) in [6, 6.07) is 12.9. The summed E-state index contributed by atoms with van der Waals surface area (Å²) in [7, 11) is 0. The van der Waals surface area contributed by atoms with E-state index in [-0.39, 0.29) is 14.9 Å². The highest BCUT2D eigenvalue weighted by atomic mass is 14.0. The van der Waals surface area contributed by atoms with E-state index in [1.807, 2.05) is 0 Å². The summed E-state index contributed by atoms with van der Waals surface area (Å²) in [5.74, 6) is 0. The molecule has 0 spiro atoms. The van der Waals surface area contributed by atoms with E-state index < -0.39 is 0 Å². The fourth-order valence-electron chi connectivity index (χ4n) is 1.54. The van der Waals surface area contributed by atoms with Gasteiger partial charge in [0.15, 0.2) is 0 Å². The van der Waals surface area contributed by atoms with E-state index in [0.29, 0.717) is 0 Å². The van der Waals surface area contributed by atoms with Crippen molar-refractivity contribution < 1.29 is 0 Å². The van der Waals surface area contributed by atoms with Gasteiger partial charge in [-0.1, -0.05) is 51.3 Å². The van der Waals surface area contributed by atoms with E-state index >= 15 is 0 Å². The molecule has 0 unspecified atom stereocenters. The Morgan fingerprint density at radius 2 is 1.43 bits per heavy atom. The van der Waals surface area contributed by atoms with Gasteiger partial charge in [0.1, 0.15) is 0 Å². The van der Waals surface area contributed by atoms with Gasteiger partial charge in [-0.25, -0.2) is 0 Å². The topological polar surface area (TPSA) is 0 Å². The second kappa shape index (κ2) is 4.80. The van der Waals surface area contributed by atoms with Gasteiger partial charge in [-0.05, 0) is 35.7 Å². The Morgan fingerprint density at radius 3 is 2.14 bits per heavy atom. The highest BCUT2D eigenvalue weighted by Gasteiger charge is 1.97. The van der Waals surface area contributed by atoms with Crippen molar-refractivity contribution in [1.82, 2.24) is 0 Å². The molecule has 2 aromatic carbocycles. The van der Waals surface area contributed by atoms with E-state index in [1.54, 1.807) is 0 Å². The zero-order valence-corrected chi connectivity index (χ0v) is 7.46. The van der Waals surface area contributed by atoms with Gasteiger partial charge in [-0.3, -0.25) is 0 Å². The molecule has 0 heteroatoms. The molecule has 0 aromatic heterocycles. The number of fused-ring (bicyclic) bond motifs is 1. The van der Waals surface area contributed by atoms with Crippen LogP contribution in [0.4, 0.5) is 0 Å². The first-order valence-electron chi connectivity index (χ1n) is 4.24. The predicted molar refractivity (Wildman–Crippen MR) is 66.9 cm³/mol. The molecule has 0 bridgehead atoms. The monoisotopic (exact) mass is 188 g/mol. The van der Waals surface area contributed by atoms with Crippen LogP contribution in [0, 0.1) is 13.8 Å². The second-order valence-electron chi connectivity index (χ2n) is 3.23. The number of rotatable bonds is 0. The molecular weight excluding hydrogens is 168 g/mol. The Balaban J connectivity index is 0.000000845. The average Bonchev–Trinajstić information content (AvgIpc) is 2.12. The SMILES string of the molecule is C.C.Cc1ccc2ccccc2c1C. The van der Waals surface area contributed by atoms with E-state index in [1.165, 1.54) is 21.9 Å². The Kier molecular flexibility index (Phi) is 4.36. The summed E-state index contributed by atoms with van der Waals surface area (Å²) in [6.07, 6.45) is 0. The first-order valence-corrected chi connectivity index (χ1v) is 4.24. The van der Waals surface area contributed by atoms with Crippen LogP contribution in [0.15, 0.2) is 36.4 Å². The lowest BCUT2D eigenvalue weighted by Gasteiger charge is -2.04. The van der Waals surface area contributed by atoms with E-state index in [0.717, 1.165) is 0 Å². The van der Waals surface area contributed by atoms with Crippen LogP contribution in [0.2, 0.25) is 0 Å².